The third-order valence-electron chi connectivity index (χ3n) is 5.89. The van der Waals surface area contributed by atoms with Crippen LogP contribution < -0.4 is 4.74 Å². The van der Waals surface area contributed by atoms with Gasteiger partial charge in [0.05, 0.1) is 31.2 Å². The number of oxime groups is 1. The highest BCUT2D eigenvalue weighted by atomic mass is 19.1. The lowest BCUT2D eigenvalue weighted by molar-refractivity contribution is 0.0600. The van der Waals surface area contributed by atoms with Gasteiger partial charge in [-0.15, -0.1) is 0 Å². The number of nitrogens with zero attached hydrogens (tertiary/aromatic N) is 2. The number of halogens is 1. The number of esters is 1. The molecule has 6 nitrogen and oxygen atoms in total. The van der Waals surface area contributed by atoms with Gasteiger partial charge in [0, 0.05) is 16.9 Å². The molecule has 0 fully saturated rings. The van der Waals surface area contributed by atoms with E-state index in [0.29, 0.717) is 11.3 Å². The van der Waals surface area contributed by atoms with Crippen molar-refractivity contribution in [3.63, 3.8) is 0 Å². The maximum atomic E-state index is 13.6. The van der Waals surface area contributed by atoms with Gasteiger partial charge in [-0.05, 0) is 91.7 Å². The number of aromatic nitrogens is 1. The van der Waals surface area contributed by atoms with E-state index in [1.165, 1.54) is 19.2 Å². The summed E-state index contributed by atoms with van der Waals surface area (Å²) in [6, 6.07) is 23.2. The molecule has 36 heavy (non-hydrogen) atoms. The van der Waals surface area contributed by atoms with Crippen molar-refractivity contribution in [3.05, 3.63) is 107 Å². The summed E-state index contributed by atoms with van der Waals surface area (Å²) in [5.41, 5.74) is 6.51. The Bertz CT molecular complexity index is 1390. The number of carbonyl (C=O) groups excluding carboxylic acids is 1. The van der Waals surface area contributed by atoms with Crippen LogP contribution in [0.5, 0.6) is 5.75 Å². The Kier molecular flexibility index (Phi) is 7.49. The lowest BCUT2D eigenvalue weighted by Crippen LogP contribution is -2.03. The topological polar surface area (TPSA) is 62.1 Å². The number of methoxy groups -OCH3 is 2. The van der Waals surface area contributed by atoms with E-state index in [0.717, 1.165) is 39.5 Å². The second-order valence-corrected chi connectivity index (χ2v) is 8.21. The maximum Gasteiger partial charge on any atom is 0.337 e. The highest BCUT2D eigenvalue weighted by molar-refractivity contribution is 6.01. The van der Waals surface area contributed by atoms with Crippen LogP contribution in [0.25, 0.3) is 16.9 Å². The molecule has 3 aromatic carbocycles. The Morgan fingerprint density at radius 1 is 0.972 bits per heavy atom. The summed E-state index contributed by atoms with van der Waals surface area (Å²) < 4.78 is 25.8. The molecule has 0 atom stereocenters. The molecule has 184 valence electrons. The van der Waals surface area contributed by atoms with Gasteiger partial charge in [0.2, 0.25) is 0 Å². The van der Waals surface area contributed by atoms with Crippen LogP contribution in [0.1, 0.15) is 34.1 Å². The van der Waals surface area contributed by atoms with E-state index >= 15 is 0 Å². The van der Waals surface area contributed by atoms with Crippen molar-refractivity contribution in [1.29, 1.82) is 0 Å². The summed E-state index contributed by atoms with van der Waals surface area (Å²) in [4.78, 5) is 17.4. The minimum atomic E-state index is -0.402. The van der Waals surface area contributed by atoms with Crippen molar-refractivity contribution in [2.45, 2.75) is 20.5 Å². The smallest absolute Gasteiger partial charge is 0.337 e. The molecule has 7 heteroatoms. The first-order valence-corrected chi connectivity index (χ1v) is 11.4. The quantitative estimate of drug-likeness (QED) is 0.166. The van der Waals surface area contributed by atoms with E-state index in [1.807, 2.05) is 50.2 Å². The minimum Gasteiger partial charge on any atom is -0.497 e. The lowest BCUT2D eigenvalue weighted by atomic mass is 10.1. The first-order valence-electron chi connectivity index (χ1n) is 11.4. The molecule has 0 spiro atoms. The lowest BCUT2D eigenvalue weighted by Gasteiger charge is -2.13. The highest BCUT2D eigenvalue weighted by Crippen LogP contribution is 2.31. The van der Waals surface area contributed by atoms with Crippen LogP contribution in [0, 0.1) is 12.7 Å². The zero-order valence-corrected chi connectivity index (χ0v) is 20.6. The molecule has 0 unspecified atom stereocenters. The molecule has 4 rings (SSSR count). The predicted molar refractivity (Wildman–Crippen MR) is 137 cm³/mol. The molecular weight excluding hydrogens is 459 g/mol. The Hall–Kier alpha value is -4.39. The second kappa shape index (κ2) is 10.9. The molecule has 0 aliphatic heterocycles. The van der Waals surface area contributed by atoms with Gasteiger partial charge in [0.1, 0.15) is 18.2 Å². The van der Waals surface area contributed by atoms with E-state index in [9.17, 15) is 9.18 Å². The van der Waals surface area contributed by atoms with E-state index in [4.69, 9.17) is 14.3 Å². The average Bonchev–Trinajstić information content (AvgIpc) is 3.25. The number of hydrogen-bond acceptors (Lipinski definition) is 5. The van der Waals surface area contributed by atoms with Gasteiger partial charge < -0.3 is 18.9 Å². The Labute approximate surface area is 209 Å². The first-order chi connectivity index (χ1) is 17.4. The van der Waals surface area contributed by atoms with Crippen LogP contribution in [-0.2, 0) is 16.2 Å². The molecule has 0 aliphatic rings. The normalized spacial score (nSPS) is 11.3. The van der Waals surface area contributed by atoms with Crippen molar-refractivity contribution in [2.24, 2.45) is 5.16 Å². The molecule has 4 aromatic rings. The van der Waals surface area contributed by atoms with Gasteiger partial charge in [0.15, 0.2) is 0 Å². The van der Waals surface area contributed by atoms with Crippen LogP contribution in [0.4, 0.5) is 4.39 Å². The van der Waals surface area contributed by atoms with Crippen LogP contribution in [-0.4, -0.2) is 30.5 Å². The van der Waals surface area contributed by atoms with Crippen LogP contribution >= 0.6 is 0 Å². The fourth-order valence-corrected chi connectivity index (χ4v) is 4.03. The second-order valence-electron chi connectivity index (χ2n) is 8.21. The summed E-state index contributed by atoms with van der Waals surface area (Å²) in [5.74, 6) is 0.0653. The molecule has 0 radical (unpaired) electrons. The number of hydrogen-bond donors (Lipinski definition) is 0. The molecule has 0 amide bonds. The molecule has 0 saturated heterocycles. The Morgan fingerprint density at radius 3 is 2.36 bits per heavy atom. The summed E-state index contributed by atoms with van der Waals surface area (Å²) in [7, 11) is 2.98. The van der Waals surface area contributed by atoms with Crippen molar-refractivity contribution in [2.75, 3.05) is 14.2 Å². The van der Waals surface area contributed by atoms with Crippen molar-refractivity contribution >= 4 is 11.7 Å². The minimum absolute atomic E-state index is 0.200. The monoisotopic (exact) mass is 486 g/mol. The van der Waals surface area contributed by atoms with Crippen LogP contribution in [0.3, 0.4) is 0 Å². The summed E-state index contributed by atoms with van der Waals surface area (Å²) in [5, 5.41) is 4.34. The molecule has 1 aromatic heterocycles. The number of ether oxygens (including phenoxy) is 2. The number of benzene rings is 3. The van der Waals surface area contributed by atoms with Gasteiger partial charge in [-0.1, -0.05) is 17.3 Å². The standard InChI is InChI=1S/C29H27FN2O4/c1-19(31-36-18-21-6-5-7-23(16-21)29(33)35-4)27-17-28(22-8-14-26(34-3)15-9-22)32(20(27)2)25-12-10-24(30)11-13-25/h5-17H,18H2,1-4H3/b31-19+. The van der Waals surface area contributed by atoms with Gasteiger partial charge >= 0.3 is 5.97 Å². The zero-order chi connectivity index (χ0) is 25.7. The molecule has 0 saturated carbocycles. The summed E-state index contributed by atoms with van der Waals surface area (Å²) in [6.45, 7) is 4.07. The van der Waals surface area contributed by atoms with Gasteiger partial charge in [0.25, 0.3) is 0 Å². The summed E-state index contributed by atoms with van der Waals surface area (Å²) in [6.07, 6.45) is 0. The van der Waals surface area contributed by atoms with Crippen molar-refractivity contribution < 1.29 is 23.5 Å². The summed E-state index contributed by atoms with van der Waals surface area (Å²) >= 11 is 0. The molecule has 0 aliphatic carbocycles. The van der Waals surface area contributed by atoms with Crippen LogP contribution in [0.2, 0.25) is 0 Å². The Balaban J connectivity index is 1.66. The van der Waals surface area contributed by atoms with Crippen LogP contribution in [0.15, 0.2) is 84.0 Å². The Morgan fingerprint density at radius 2 is 1.69 bits per heavy atom. The SMILES string of the molecule is COC(=O)c1cccc(CO/N=C(\C)c2cc(-c3ccc(OC)cc3)n(-c3ccc(F)cc3)c2C)c1. The fourth-order valence-electron chi connectivity index (χ4n) is 4.03. The number of rotatable bonds is 8. The molecule has 0 N–H and O–H groups in total. The first kappa shape index (κ1) is 24.7. The van der Waals surface area contributed by atoms with E-state index in [1.54, 1.807) is 37.4 Å². The van der Waals surface area contributed by atoms with E-state index in [-0.39, 0.29) is 12.4 Å². The van der Waals surface area contributed by atoms with Gasteiger partial charge in [-0.25, -0.2) is 9.18 Å². The fraction of sp³-hybridized carbons (Fsp3) is 0.172. The number of carbonyl (C=O) groups is 1. The van der Waals surface area contributed by atoms with Gasteiger partial charge in [-0.3, -0.25) is 0 Å². The highest BCUT2D eigenvalue weighted by Gasteiger charge is 2.17. The molecule has 1 heterocycles. The van der Waals surface area contributed by atoms with Gasteiger partial charge in [-0.2, -0.15) is 0 Å². The van der Waals surface area contributed by atoms with E-state index in [2.05, 4.69) is 9.72 Å². The van der Waals surface area contributed by atoms with Crippen molar-refractivity contribution in [3.8, 4) is 22.7 Å². The third-order valence-corrected chi connectivity index (χ3v) is 5.89. The zero-order valence-electron chi connectivity index (χ0n) is 20.6. The predicted octanol–water partition coefficient (Wildman–Crippen LogP) is 6.33. The molecular formula is C29H27FN2O4. The third kappa shape index (κ3) is 5.30. The van der Waals surface area contributed by atoms with E-state index < -0.39 is 5.97 Å². The maximum absolute atomic E-state index is 13.6. The average molecular weight is 487 g/mol. The largest absolute Gasteiger partial charge is 0.497 e. The van der Waals surface area contributed by atoms with Crippen molar-refractivity contribution in [1.82, 2.24) is 4.57 Å². The molecule has 0 bridgehead atoms.